The van der Waals surface area contributed by atoms with E-state index in [1.165, 1.54) is 19.2 Å². The Bertz CT molecular complexity index is 678. The lowest BCUT2D eigenvalue weighted by atomic mass is 10.1. The quantitative estimate of drug-likeness (QED) is 0.817. The summed E-state index contributed by atoms with van der Waals surface area (Å²) >= 11 is 3.29. The Balaban J connectivity index is 2.05. The van der Waals surface area contributed by atoms with Gasteiger partial charge >= 0.3 is 6.61 Å². The Morgan fingerprint density at radius 1 is 1.17 bits per heavy atom. The molecule has 0 atom stereocenters. The topological polar surface area (TPSA) is 47.6 Å². The number of ether oxygens (including phenoxy) is 2. The molecule has 0 aromatic heterocycles. The minimum absolute atomic E-state index is 0.0714. The van der Waals surface area contributed by atoms with Gasteiger partial charge in [0.05, 0.1) is 7.11 Å². The third-order valence-electron chi connectivity index (χ3n) is 3.00. The third kappa shape index (κ3) is 4.92. The molecular weight excluding hydrogens is 372 g/mol. The Morgan fingerprint density at radius 2 is 1.87 bits per heavy atom. The van der Waals surface area contributed by atoms with E-state index in [0.29, 0.717) is 11.1 Å². The molecule has 4 nitrogen and oxygen atoms in total. The van der Waals surface area contributed by atoms with Gasteiger partial charge in [0.25, 0.3) is 5.91 Å². The van der Waals surface area contributed by atoms with E-state index >= 15 is 0 Å². The number of alkyl halides is 2. The number of methoxy groups -OCH3 is 1. The number of hydrogen-bond acceptors (Lipinski definition) is 3. The number of amides is 1. The first-order valence-electron chi connectivity index (χ1n) is 6.65. The number of carbonyl (C=O) groups excluding carboxylic acids is 1. The summed E-state index contributed by atoms with van der Waals surface area (Å²) in [5, 5.41) is 2.71. The van der Waals surface area contributed by atoms with Crippen LogP contribution in [0.1, 0.15) is 15.9 Å². The highest BCUT2D eigenvalue weighted by atomic mass is 79.9. The van der Waals surface area contributed by atoms with E-state index < -0.39 is 6.61 Å². The molecule has 1 amide bonds. The summed E-state index contributed by atoms with van der Waals surface area (Å²) in [6.07, 6.45) is 0. The third-order valence-corrected chi connectivity index (χ3v) is 3.53. The Kier molecular flexibility index (Phi) is 5.92. The van der Waals surface area contributed by atoms with Crippen molar-refractivity contribution in [3.8, 4) is 11.5 Å². The van der Waals surface area contributed by atoms with E-state index in [9.17, 15) is 13.6 Å². The predicted molar refractivity (Wildman–Crippen MR) is 84.9 cm³/mol. The molecule has 2 aromatic carbocycles. The van der Waals surface area contributed by atoms with Gasteiger partial charge in [-0.3, -0.25) is 4.79 Å². The summed E-state index contributed by atoms with van der Waals surface area (Å²) in [6.45, 7) is -2.77. The molecule has 122 valence electrons. The molecule has 23 heavy (non-hydrogen) atoms. The zero-order valence-corrected chi connectivity index (χ0v) is 13.8. The summed E-state index contributed by atoms with van der Waals surface area (Å²) in [7, 11) is 1.36. The average Bonchev–Trinajstić information content (AvgIpc) is 2.53. The summed E-state index contributed by atoms with van der Waals surface area (Å²) in [4.78, 5) is 12.0. The second-order valence-electron chi connectivity index (χ2n) is 4.55. The number of benzene rings is 2. The van der Waals surface area contributed by atoms with Gasteiger partial charge in [-0.05, 0) is 42.0 Å². The van der Waals surface area contributed by atoms with Gasteiger partial charge in [0.15, 0.2) is 11.5 Å². The Labute approximate surface area is 140 Å². The van der Waals surface area contributed by atoms with Crippen LogP contribution in [0.3, 0.4) is 0 Å². The lowest BCUT2D eigenvalue weighted by molar-refractivity contribution is -0.0512. The molecule has 0 aliphatic heterocycles. The van der Waals surface area contributed by atoms with Crippen LogP contribution in [0.4, 0.5) is 8.78 Å². The first-order valence-corrected chi connectivity index (χ1v) is 7.44. The van der Waals surface area contributed by atoms with Gasteiger partial charge in [0.1, 0.15) is 0 Å². The molecule has 0 unspecified atom stereocenters. The second kappa shape index (κ2) is 7.92. The molecule has 0 saturated carbocycles. The Morgan fingerprint density at radius 3 is 2.48 bits per heavy atom. The van der Waals surface area contributed by atoms with E-state index in [1.54, 1.807) is 30.3 Å². The zero-order chi connectivity index (χ0) is 16.8. The second-order valence-corrected chi connectivity index (χ2v) is 5.47. The molecule has 0 aliphatic carbocycles. The fourth-order valence-corrected chi connectivity index (χ4v) is 2.17. The van der Waals surface area contributed by atoms with Crippen molar-refractivity contribution < 1.29 is 23.0 Å². The molecule has 2 aromatic rings. The van der Waals surface area contributed by atoms with Gasteiger partial charge in [-0.15, -0.1) is 0 Å². The largest absolute Gasteiger partial charge is 0.493 e. The number of nitrogens with one attached hydrogen (secondary N) is 1. The molecule has 2 rings (SSSR count). The molecule has 7 heteroatoms. The standard InChI is InChI=1S/C16H14BrF2NO3/c1-22-13-7-2-10(8-14(13)23-16(18)19)9-20-15(21)11-3-5-12(17)6-4-11/h2-8,16H,9H2,1H3,(H,20,21). The van der Waals surface area contributed by atoms with Crippen LogP contribution in [0, 0.1) is 0 Å². The van der Waals surface area contributed by atoms with Gasteiger partial charge in [0, 0.05) is 16.6 Å². The molecule has 0 radical (unpaired) electrons. The smallest absolute Gasteiger partial charge is 0.387 e. The highest BCUT2D eigenvalue weighted by Crippen LogP contribution is 2.29. The van der Waals surface area contributed by atoms with E-state index in [0.717, 1.165) is 4.47 Å². The Hall–Kier alpha value is -2.15. The van der Waals surface area contributed by atoms with Crippen LogP contribution in [-0.4, -0.2) is 19.6 Å². The van der Waals surface area contributed by atoms with Crippen molar-refractivity contribution in [2.75, 3.05) is 7.11 Å². The van der Waals surface area contributed by atoms with Crippen LogP contribution in [0.5, 0.6) is 11.5 Å². The monoisotopic (exact) mass is 385 g/mol. The van der Waals surface area contributed by atoms with Crippen LogP contribution in [0.25, 0.3) is 0 Å². The maximum atomic E-state index is 12.4. The number of rotatable bonds is 6. The van der Waals surface area contributed by atoms with Crippen molar-refractivity contribution in [3.63, 3.8) is 0 Å². The normalized spacial score (nSPS) is 10.5. The van der Waals surface area contributed by atoms with Crippen LogP contribution >= 0.6 is 15.9 Å². The first kappa shape index (κ1) is 17.2. The highest BCUT2D eigenvalue weighted by molar-refractivity contribution is 9.10. The minimum atomic E-state index is -2.95. The maximum absolute atomic E-state index is 12.4. The van der Waals surface area contributed by atoms with Gasteiger partial charge in [-0.25, -0.2) is 0 Å². The minimum Gasteiger partial charge on any atom is -0.493 e. The highest BCUT2D eigenvalue weighted by Gasteiger charge is 2.12. The van der Waals surface area contributed by atoms with E-state index in [4.69, 9.17) is 4.74 Å². The van der Waals surface area contributed by atoms with Crippen LogP contribution < -0.4 is 14.8 Å². The SMILES string of the molecule is COc1ccc(CNC(=O)c2ccc(Br)cc2)cc1OC(F)F. The van der Waals surface area contributed by atoms with E-state index in [2.05, 4.69) is 26.0 Å². The molecule has 0 bridgehead atoms. The van der Waals surface area contributed by atoms with Gasteiger partial charge in [0.2, 0.25) is 0 Å². The van der Waals surface area contributed by atoms with Crippen LogP contribution in [-0.2, 0) is 6.54 Å². The van der Waals surface area contributed by atoms with Crippen molar-refractivity contribution in [1.29, 1.82) is 0 Å². The van der Waals surface area contributed by atoms with Crippen LogP contribution in [0.2, 0.25) is 0 Å². The maximum Gasteiger partial charge on any atom is 0.387 e. The van der Waals surface area contributed by atoms with Gasteiger partial charge in [-0.2, -0.15) is 8.78 Å². The molecule has 0 spiro atoms. The number of carbonyl (C=O) groups is 1. The zero-order valence-electron chi connectivity index (χ0n) is 12.2. The number of halogens is 3. The van der Waals surface area contributed by atoms with Crippen molar-refractivity contribution in [3.05, 3.63) is 58.1 Å². The lowest BCUT2D eigenvalue weighted by Crippen LogP contribution is -2.22. The molecule has 1 N–H and O–H groups in total. The fourth-order valence-electron chi connectivity index (χ4n) is 1.90. The molecule has 0 saturated heterocycles. The summed E-state index contributed by atoms with van der Waals surface area (Å²) in [5.74, 6) is -0.129. The van der Waals surface area contributed by atoms with E-state index in [-0.39, 0.29) is 24.0 Å². The van der Waals surface area contributed by atoms with Gasteiger partial charge < -0.3 is 14.8 Å². The summed E-state index contributed by atoms with van der Waals surface area (Å²) in [6, 6.07) is 11.5. The molecule has 0 aliphatic rings. The fraction of sp³-hybridized carbons (Fsp3) is 0.188. The van der Waals surface area contributed by atoms with E-state index in [1.807, 2.05) is 0 Å². The van der Waals surface area contributed by atoms with Crippen LogP contribution in [0.15, 0.2) is 46.9 Å². The molecule has 0 fully saturated rings. The van der Waals surface area contributed by atoms with Crippen molar-refractivity contribution in [2.24, 2.45) is 0 Å². The number of hydrogen-bond donors (Lipinski definition) is 1. The van der Waals surface area contributed by atoms with Crippen molar-refractivity contribution in [2.45, 2.75) is 13.2 Å². The predicted octanol–water partition coefficient (Wildman–Crippen LogP) is 3.99. The average molecular weight is 386 g/mol. The first-order chi connectivity index (χ1) is 11.0. The molecule has 0 heterocycles. The summed E-state index contributed by atoms with van der Waals surface area (Å²) in [5.41, 5.74) is 1.12. The van der Waals surface area contributed by atoms with Crippen molar-refractivity contribution >= 4 is 21.8 Å². The summed E-state index contributed by atoms with van der Waals surface area (Å²) < 4.78 is 35.0. The lowest BCUT2D eigenvalue weighted by Gasteiger charge is -2.12. The molecular formula is C16H14BrF2NO3. The van der Waals surface area contributed by atoms with Crippen molar-refractivity contribution in [1.82, 2.24) is 5.32 Å². The van der Waals surface area contributed by atoms with Gasteiger partial charge in [-0.1, -0.05) is 22.0 Å².